The predicted molar refractivity (Wildman–Crippen MR) is 74.3 cm³/mol. The van der Waals surface area contributed by atoms with Crippen molar-refractivity contribution in [1.82, 2.24) is 0 Å². The van der Waals surface area contributed by atoms with Gasteiger partial charge in [-0.15, -0.1) is 0 Å². The van der Waals surface area contributed by atoms with E-state index in [1.165, 1.54) is 30.5 Å². The monoisotopic (exact) mass is 311 g/mol. The van der Waals surface area contributed by atoms with E-state index < -0.39 is 18.6 Å². The van der Waals surface area contributed by atoms with E-state index in [0.29, 0.717) is 4.73 Å². The zero-order valence-corrected chi connectivity index (χ0v) is 11.2. The molecule has 1 amide bonds. The minimum absolute atomic E-state index is 0.100. The molecule has 8 heteroatoms. The molecule has 0 aliphatic heterocycles. The van der Waals surface area contributed by atoms with Gasteiger partial charge >= 0.3 is 6.18 Å². The molecule has 0 aliphatic rings. The third kappa shape index (κ3) is 4.37. The molecule has 0 saturated heterocycles. The van der Waals surface area contributed by atoms with Crippen LogP contribution in [0.5, 0.6) is 0 Å². The van der Waals surface area contributed by atoms with Gasteiger partial charge in [-0.25, -0.2) is 0 Å². The van der Waals surface area contributed by atoms with Crippen molar-refractivity contribution in [3.05, 3.63) is 59.6 Å². The number of anilines is 2. The van der Waals surface area contributed by atoms with Crippen LogP contribution in [0.1, 0.15) is 10.4 Å². The van der Waals surface area contributed by atoms with Gasteiger partial charge in [-0.3, -0.25) is 4.79 Å². The van der Waals surface area contributed by atoms with E-state index in [0.717, 1.165) is 6.20 Å². The van der Waals surface area contributed by atoms with Gasteiger partial charge in [0.25, 0.3) is 5.91 Å². The zero-order valence-electron chi connectivity index (χ0n) is 11.2. The number of hydrogen-bond donors (Lipinski definition) is 2. The minimum atomic E-state index is -4.37. The molecular formula is C14H12F3N3O2. The fourth-order valence-electron chi connectivity index (χ4n) is 1.73. The predicted octanol–water partition coefficient (Wildman–Crippen LogP) is 2.55. The van der Waals surface area contributed by atoms with Crippen molar-refractivity contribution in [3.63, 3.8) is 0 Å². The van der Waals surface area contributed by atoms with Gasteiger partial charge in [-0.2, -0.15) is 17.9 Å². The van der Waals surface area contributed by atoms with Gasteiger partial charge in [0, 0.05) is 6.07 Å². The zero-order chi connectivity index (χ0) is 16.2. The lowest BCUT2D eigenvalue weighted by atomic mass is 10.2. The second-order valence-electron chi connectivity index (χ2n) is 4.42. The summed E-state index contributed by atoms with van der Waals surface area (Å²) in [6.07, 6.45) is -2.08. The number of aromatic nitrogens is 1. The number of para-hydroxylation sites is 2. The molecule has 1 aromatic carbocycles. The van der Waals surface area contributed by atoms with E-state index >= 15 is 0 Å². The molecule has 0 saturated carbocycles. The molecule has 2 aromatic rings. The number of pyridine rings is 1. The molecule has 116 valence electrons. The Morgan fingerprint density at radius 2 is 1.82 bits per heavy atom. The molecule has 0 unspecified atom stereocenters. The Morgan fingerprint density at radius 1 is 1.14 bits per heavy atom. The quantitative estimate of drug-likeness (QED) is 0.673. The van der Waals surface area contributed by atoms with Gasteiger partial charge in [-0.1, -0.05) is 12.1 Å². The first kappa shape index (κ1) is 15.6. The molecule has 1 heterocycles. The SMILES string of the molecule is O=C(Nc1ccccc1NCC(F)(F)F)c1ccc[n+]([O-])c1. The largest absolute Gasteiger partial charge is 0.619 e. The van der Waals surface area contributed by atoms with Crippen LogP contribution in [0.4, 0.5) is 24.5 Å². The van der Waals surface area contributed by atoms with Gasteiger partial charge in [0.1, 0.15) is 12.1 Å². The van der Waals surface area contributed by atoms with Crippen molar-refractivity contribution in [2.75, 3.05) is 17.2 Å². The summed E-state index contributed by atoms with van der Waals surface area (Å²) in [6.45, 7) is -1.22. The lowest BCUT2D eigenvalue weighted by Gasteiger charge is -2.14. The lowest BCUT2D eigenvalue weighted by Crippen LogP contribution is -2.27. The van der Waals surface area contributed by atoms with Crippen LogP contribution in [0, 0.1) is 5.21 Å². The smallest absolute Gasteiger partial charge is 0.405 e. The summed E-state index contributed by atoms with van der Waals surface area (Å²) >= 11 is 0. The fraction of sp³-hybridized carbons (Fsp3) is 0.143. The standard InChI is InChI=1S/C14H12F3N3O2/c15-14(16,17)9-18-11-5-1-2-6-12(11)19-13(21)10-4-3-7-20(22)8-10/h1-8,18H,9H2,(H,19,21). The van der Waals surface area contributed by atoms with Crippen LogP contribution in [-0.4, -0.2) is 18.6 Å². The summed E-state index contributed by atoms with van der Waals surface area (Å²) in [5.41, 5.74) is 0.431. The van der Waals surface area contributed by atoms with Crippen molar-refractivity contribution in [3.8, 4) is 0 Å². The van der Waals surface area contributed by atoms with Gasteiger partial charge in [-0.05, 0) is 18.2 Å². The third-order valence-electron chi connectivity index (χ3n) is 2.69. The van der Waals surface area contributed by atoms with Gasteiger partial charge in [0.2, 0.25) is 0 Å². The Morgan fingerprint density at radius 3 is 2.45 bits per heavy atom. The van der Waals surface area contributed by atoms with Gasteiger partial charge in [0.05, 0.1) is 11.4 Å². The Hall–Kier alpha value is -2.77. The summed E-state index contributed by atoms with van der Waals surface area (Å²) in [5, 5.41) is 15.8. The van der Waals surface area contributed by atoms with Crippen molar-refractivity contribution in [1.29, 1.82) is 0 Å². The summed E-state index contributed by atoms with van der Waals surface area (Å²) in [5.74, 6) is -0.591. The van der Waals surface area contributed by atoms with Crippen LogP contribution in [-0.2, 0) is 0 Å². The maximum absolute atomic E-state index is 12.3. The molecule has 2 rings (SSSR count). The highest BCUT2D eigenvalue weighted by atomic mass is 19.4. The normalized spacial score (nSPS) is 11.0. The molecule has 0 atom stereocenters. The van der Waals surface area contributed by atoms with Crippen molar-refractivity contribution in [2.45, 2.75) is 6.18 Å². The van der Waals surface area contributed by atoms with Crippen molar-refractivity contribution < 1.29 is 22.7 Å². The number of halogens is 3. The number of alkyl halides is 3. The number of hydrogen-bond acceptors (Lipinski definition) is 3. The molecule has 22 heavy (non-hydrogen) atoms. The molecule has 2 N–H and O–H groups in total. The van der Waals surface area contributed by atoms with Crippen LogP contribution in [0.3, 0.4) is 0 Å². The summed E-state index contributed by atoms with van der Waals surface area (Å²) in [4.78, 5) is 12.0. The fourth-order valence-corrected chi connectivity index (χ4v) is 1.73. The number of amides is 1. The molecule has 0 spiro atoms. The average molecular weight is 311 g/mol. The van der Waals surface area contributed by atoms with E-state index in [4.69, 9.17) is 0 Å². The highest BCUT2D eigenvalue weighted by Crippen LogP contribution is 2.24. The first-order valence-electron chi connectivity index (χ1n) is 6.25. The van der Waals surface area contributed by atoms with Crippen LogP contribution >= 0.6 is 0 Å². The van der Waals surface area contributed by atoms with Gasteiger partial charge < -0.3 is 15.8 Å². The molecular weight excluding hydrogens is 299 g/mol. The van der Waals surface area contributed by atoms with Crippen molar-refractivity contribution in [2.24, 2.45) is 0 Å². The molecule has 0 aliphatic carbocycles. The lowest BCUT2D eigenvalue weighted by molar-refractivity contribution is -0.605. The third-order valence-corrected chi connectivity index (χ3v) is 2.69. The maximum Gasteiger partial charge on any atom is 0.405 e. The van der Waals surface area contributed by atoms with Crippen LogP contribution in [0.15, 0.2) is 48.8 Å². The van der Waals surface area contributed by atoms with Crippen LogP contribution in [0.25, 0.3) is 0 Å². The minimum Gasteiger partial charge on any atom is -0.619 e. The number of rotatable bonds is 4. The van der Waals surface area contributed by atoms with E-state index in [1.807, 2.05) is 0 Å². The Bertz CT molecular complexity index is 674. The topological polar surface area (TPSA) is 68.1 Å². The first-order chi connectivity index (χ1) is 10.3. The first-order valence-corrected chi connectivity index (χ1v) is 6.25. The molecule has 0 fully saturated rings. The Labute approximate surface area is 124 Å². The summed E-state index contributed by atoms with van der Waals surface area (Å²) in [7, 11) is 0. The number of benzene rings is 1. The van der Waals surface area contributed by atoms with Crippen molar-refractivity contribution >= 4 is 17.3 Å². The number of nitrogens with zero attached hydrogens (tertiary/aromatic N) is 1. The molecule has 0 bridgehead atoms. The molecule has 5 nitrogen and oxygen atoms in total. The van der Waals surface area contributed by atoms with Gasteiger partial charge in [0.15, 0.2) is 12.4 Å². The highest BCUT2D eigenvalue weighted by molar-refractivity contribution is 6.05. The van der Waals surface area contributed by atoms with E-state index in [2.05, 4.69) is 10.6 Å². The molecule has 0 radical (unpaired) electrons. The van der Waals surface area contributed by atoms with Crippen LogP contribution < -0.4 is 15.4 Å². The maximum atomic E-state index is 12.3. The number of nitrogens with one attached hydrogen (secondary N) is 2. The second-order valence-corrected chi connectivity index (χ2v) is 4.42. The Kier molecular flexibility index (Phi) is 4.50. The van der Waals surface area contributed by atoms with E-state index in [-0.39, 0.29) is 16.9 Å². The Balaban J connectivity index is 2.14. The highest BCUT2D eigenvalue weighted by Gasteiger charge is 2.27. The van der Waals surface area contributed by atoms with E-state index in [1.54, 1.807) is 12.1 Å². The van der Waals surface area contributed by atoms with Crippen LogP contribution in [0.2, 0.25) is 0 Å². The summed E-state index contributed by atoms with van der Waals surface area (Å²) in [6, 6.07) is 8.83. The molecule has 1 aromatic heterocycles. The second kappa shape index (κ2) is 6.33. The number of carbonyl (C=O) groups is 1. The average Bonchev–Trinajstić information content (AvgIpc) is 2.45. The number of carbonyl (C=O) groups excluding carboxylic acids is 1. The van der Waals surface area contributed by atoms with E-state index in [9.17, 15) is 23.2 Å². The summed E-state index contributed by atoms with van der Waals surface area (Å²) < 4.78 is 37.2.